The molecule has 102 valence electrons. The fraction of sp³-hybridized carbons (Fsp3) is 0.600. The van der Waals surface area contributed by atoms with Gasteiger partial charge in [0.2, 0.25) is 0 Å². The number of Topliss-reactive ketones (excluding diaryl/α,β-unsaturated/α-hetero) is 1. The zero-order valence-corrected chi connectivity index (χ0v) is 11.2. The number of allylic oxidation sites excluding steroid dienone is 1. The van der Waals surface area contributed by atoms with Crippen LogP contribution >= 0.6 is 0 Å². The summed E-state index contributed by atoms with van der Waals surface area (Å²) in [5.74, 6) is -0.391. The van der Waals surface area contributed by atoms with Crippen LogP contribution in [0.2, 0.25) is 0 Å². The minimum absolute atomic E-state index is 0.0830. The third kappa shape index (κ3) is 1.62. The van der Waals surface area contributed by atoms with Crippen LogP contribution < -0.4 is 0 Å². The summed E-state index contributed by atoms with van der Waals surface area (Å²) >= 11 is 0. The maximum atomic E-state index is 11.9. The van der Waals surface area contributed by atoms with Gasteiger partial charge in [0.15, 0.2) is 5.78 Å². The van der Waals surface area contributed by atoms with Gasteiger partial charge in [0.25, 0.3) is 0 Å². The van der Waals surface area contributed by atoms with Crippen molar-refractivity contribution in [3.63, 3.8) is 0 Å². The van der Waals surface area contributed by atoms with Gasteiger partial charge in [0, 0.05) is 12.0 Å². The molecule has 19 heavy (non-hydrogen) atoms. The molecule has 5 unspecified atom stereocenters. The molecule has 1 N–H and O–H groups in total. The Morgan fingerprint density at radius 2 is 2.05 bits per heavy atom. The van der Waals surface area contributed by atoms with E-state index in [2.05, 4.69) is 13.5 Å². The predicted molar refractivity (Wildman–Crippen MR) is 68.1 cm³/mol. The van der Waals surface area contributed by atoms with E-state index in [1.165, 1.54) is 0 Å². The van der Waals surface area contributed by atoms with Crippen molar-refractivity contribution in [2.45, 2.75) is 38.9 Å². The Morgan fingerprint density at radius 1 is 1.37 bits per heavy atom. The zero-order chi connectivity index (χ0) is 13.9. The van der Waals surface area contributed by atoms with Crippen LogP contribution in [0, 0.1) is 17.8 Å². The number of aliphatic hydroxyl groups is 1. The molecular formula is C15H18O4. The molecule has 0 radical (unpaired) electrons. The van der Waals surface area contributed by atoms with Gasteiger partial charge in [0.05, 0.1) is 12.0 Å². The molecule has 1 heterocycles. The highest BCUT2D eigenvalue weighted by Crippen LogP contribution is 2.48. The van der Waals surface area contributed by atoms with Crippen LogP contribution in [0.1, 0.15) is 26.7 Å². The van der Waals surface area contributed by atoms with Crippen LogP contribution in [0.15, 0.2) is 23.3 Å². The lowest BCUT2D eigenvalue weighted by molar-refractivity contribution is -0.140. The summed E-state index contributed by atoms with van der Waals surface area (Å²) in [6, 6.07) is 0. The van der Waals surface area contributed by atoms with E-state index in [4.69, 9.17) is 4.74 Å². The van der Waals surface area contributed by atoms with Gasteiger partial charge in [-0.25, -0.2) is 4.79 Å². The standard InChI is InChI=1S/C15H18O4/c1-6-4-11-13(8(3)15(18)19-11)14(17)12-7(2)10(16)5-9(6)12/h6,9,11,13-14,17H,3-5H2,1-2H3. The Balaban J connectivity index is 2.08. The summed E-state index contributed by atoms with van der Waals surface area (Å²) in [4.78, 5) is 23.5. The monoisotopic (exact) mass is 262 g/mol. The van der Waals surface area contributed by atoms with Crippen molar-refractivity contribution in [3.8, 4) is 0 Å². The maximum absolute atomic E-state index is 11.9. The van der Waals surface area contributed by atoms with Crippen molar-refractivity contribution < 1.29 is 19.4 Å². The second-order valence-electron chi connectivity index (χ2n) is 5.97. The van der Waals surface area contributed by atoms with Crippen molar-refractivity contribution in [2.75, 3.05) is 0 Å². The molecule has 3 rings (SSSR count). The molecule has 0 amide bonds. The van der Waals surface area contributed by atoms with Crippen LogP contribution in [0.25, 0.3) is 0 Å². The van der Waals surface area contributed by atoms with Crippen molar-refractivity contribution in [1.29, 1.82) is 0 Å². The number of carbonyl (C=O) groups excluding carboxylic acids is 2. The molecule has 0 bridgehead atoms. The van der Waals surface area contributed by atoms with Gasteiger partial charge >= 0.3 is 5.97 Å². The minimum Gasteiger partial charge on any atom is -0.458 e. The van der Waals surface area contributed by atoms with Gasteiger partial charge in [-0.15, -0.1) is 0 Å². The number of ether oxygens (including phenoxy) is 1. The maximum Gasteiger partial charge on any atom is 0.334 e. The number of rotatable bonds is 0. The molecule has 1 aliphatic heterocycles. The highest BCUT2D eigenvalue weighted by molar-refractivity contribution is 5.99. The molecule has 0 aromatic rings. The molecular weight excluding hydrogens is 244 g/mol. The van der Waals surface area contributed by atoms with Gasteiger partial charge in [-0.3, -0.25) is 4.79 Å². The first-order chi connectivity index (χ1) is 8.91. The van der Waals surface area contributed by atoms with E-state index < -0.39 is 18.0 Å². The Kier molecular flexibility index (Phi) is 2.68. The molecule has 4 nitrogen and oxygen atoms in total. The van der Waals surface area contributed by atoms with E-state index in [0.717, 1.165) is 5.57 Å². The Morgan fingerprint density at radius 3 is 2.74 bits per heavy atom. The normalized spacial score (nSPS) is 42.1. The lowest BCUT2D eigenvalue weighted by Gasteiger charge is -2.22. The van der Waals surface area contributed by atoms with Crippen LogP contribution in [-0.2, 0) is 14.3 Å². The van der Waals surface area contributed by atoms with Gasteiger partial charge in [-0.1, -0.05) is 13.5 Å². The minimum atomic E-state index is -0.814. The topological polar surface area (TPSA) is 63.6 Å². The lowest BCUT2D eigenvalue weighted by atomic mass is 9.84. The summed E-state index contributed by atoms with van der Waals surface area (Å²) in [6.07, 6.45) is 0.0388. The molecule has 5 atom stereocenters. The summed E-state index contributed by atoms with van der Waals surface area (Å²) < 4.78 is 5.32. The number of ketones is 1. The molecule has 0 aromatic carbocycles. The first-order valence-electron chi connectivity index (χ1n) is 6.73. The molecule has 1 saturated heterocycles. The molecule has 2 fully saturated rings. The van der Waals surface area contributed by atoms with Crippen molar-refractivity contribution >= 4 is 11.8 Å². The predicted octanol–water partition coefficient (Wildman–Crippen LogP) is 1.39. The Hall–Kier alpha value is -1.42. The van der Waals surface area contributed by atoms with Crippen LogP contribution in [-0.4, -0.2) is 29.1 Å². The van der Waals surface area contributed by atoms with E-state index in [-0.39, 0.29) is 23.7 Å². The molecule has 0 aromatic heterocycles. The van der Waals surface area contributed by atoms with E-state index in [1.54, 1.807) is 6.92 Å². The van der Waals surface area contributed by atoms with Gasteiger partial charge in [-0.05, 0) is 36.3 Å². The molecule has 3 aliphatic rings. The van der Waals surface area contributed by atoms with E-state index in [0.29, 0.717) is 24.0 Å². The van der Waals surface area contributed by atoms with Gasteiger partial charge in [-0.2, -0.15) is 0 Å². The quantitative estimate of drug-likeness (QED) is 0.529. The highest BCUT2D eigenvalue weighted by Gasteiger charge is 2.51. The smallest absolute Gasteiger partial charge is 0.334 e. The van der Waals surface area contributed by atoms with E-state index >= 15 is 0 Å². The van der Waals surface area contributed by atoms with Crippen molar-refractivity contribution in [1.82, 2.24) is 0 Å². The molecule has 2 aliphatic carbocycles. The average molecular weight is 262 g/mol. The van der Waals surface area contributed by atoms with Crippen LogP contribution in [0.5, 0.6) is 0 Å². The largest absolute Gasteiger partial charge is 0.458 e. The Bertz CT molecular complexity index is 516. The van der Waals surface area contributed by atoms with E-state index in [9.17, 15) is 14.7 Å². The van der Waals surface area contributed by atoms with Crippen molar-refractivity contribution in [2.24, 2.45) is 17.8 Å². The second kappa shape index (κ2) is 4.04. The number of hydrogen-bond donors (Lipinski definition) is 1. The third-order valence-electron chi connectivity index (χ3n) is 4.93. The molecule has 4 heteroatoms. The number of carbonyl (C=O) groups is 2. The first kappa shape index (κ1) is 12.6. The lowest BCUT2D eigenvalue weighted by Crippen LogP contribution is -2.29. The molecule has 1 saturated carbocycles. The zero-order valence-electron chi connectivity index (χ0n) is 11.2. The summed E-state index contributed by atoms with van der Waals surface area (Å²) in [7, 11) is 0. The first-order valence-corrected chi connectivity index (χ1v) is 6.73. The number of hydrogen-bond acceptors (Lipinski definition) is 4. The summed E-state index contributed by atoms with van der Waals surface area (Å²) in [6.45, 7) is 7.58. The fourth-order valence-electron chi connectivity index (χ4n) is 3.81. The van der Waals surface area contributed by atoms with Crippen molar-refractivity contribution in [3.05, 3.63) is 23.3 Å². The fourth-order valence-corrected chi connectivity index (χ4v) is 3.81. The molecule has 0 spiro atoms. The number of esters is 1. The van der Waals surface area contributed by atoms with Gasteiger partial charge < -0.3 is 9.84 Å². The third-order valence-corrected chi connectivity index (χ3v) is 4.93. The summed E-state index contributed by atoms with van der Waals surface area (Å²) in [5.41, 5.74) is 1.81. The van der Waals surface area contributed by atoms with E-state index in [1.807, 2.05) is 0 Å². The summed E-state index contributed by atoms with van der Waals surface area (Å²) in [5, 5.41) is 10.6. The van der Waals surface area contributed by atoms with Gasteiger partial charge in [0.1, 0.15) is 6.10 Å². The SMILES string of the molecule is C=C1C(=O)OC2CC(C)C3CC(=O)C(C)=C3C(O)C12. The number of aliphatic hydroxyl groups excluding tert-OH is 1. The van der Waals surface area contributed by atoms with Crippen LogP contribution in [0.3, 0.4) is 0 Å². The second-order valence-corrected chi connectivity index (χ2v) is 5.97. The highest BCUT2D eigenvalue weighted by atomic mass is 16.6. The average Bonchev–Trinajstić information content (AvgIpc) is 2.75. The number of fused-ring (bicyclic) bond motifs is 2. The Labute approximate surface area is 112 Å². The van der Waals surface area contributed by atoms with Crippen LogP contribution in [0.4, 0.5) is 0 Å².